The van der Waals surface area contributed by atoms with E-state index in [4.69, 9.17) is 0 Å². The van der Waals surface area contributed by atoms with E-state index in [9.17, 15) is 10.1 Å². The predicted molar refractivity (Wildman–Crippen MR) is 130 cm³/mol. The molecule has 2 amide bonds. The molecule has 2 aliphatic heterocycles. The van der Waals surface area contributed by atoms with Crippen molar-refractivity contribution >= 4 is 17.1 Å². The number of nitrogens with one attached hydrogen (secondary N) is 1. The molecule has 182 valence electrons. The Morgan fingerprint density at radius 1 is 1.23 bits per heavy atom. The van der Waals surface area contributed by atoms with Crippen molar-refractivity contribution in [2.75, 3.05) is 32.7 Å². The maximum Gasteiger partial charge on any atom is 0.320 e. The quantitative estimate of drug-likeness (QED) is 0.624. The zero-order valence-electron chi connectivity index (χ0n) is 20.1. The molecule has 0 aromatic carbocycles. The third kappa shape index (κ3) is 3.74. The van der Waals surface area contributed by atoms with E-state index in [0.717, 1.165) is 80.7 Å². The minimum atomic E-state index is -0.292. The highest BCUT2D eigenvalue weighted by Crippen LogP contribution is 2.45. The number of hydrogen-bond acceptors (Lipinski definition) is 6. The molecule has 5 heterocycles. The maximum absolute atomic E-state index is 12.9. The van der Waals surface area contributed by atoms with Gasteiger partial charge in [-0.2, -0.15) is 10.4 Å². The molecule has 0 radical (unpaired) electrons. The van der Waals surface area contributed by atoms with E-state index >= 15 is 0 Å². The lowest BCUT2D eigenvalue weighted by Crippen LogP contribution is -2.61. The van der Waals surface area contributed by atoms with Crippen molar-refractivity contribution in [3.05, 3.63) is 31.0 Å². The number of aromatic nitrogens is 5. The average Bonchev–Trinajstić information content (AvgIpc) is 3.61. The molecule has 0 bridgehead atoms. The van der Waals surface area contributed by atoms with Gasteiger partial charge in [0.05, 0.1) is 29.9 Å². The van der Waals surface area contributed by atoms with E-state index < -0.39 is 0 Å². The molecule has 1 N–H and O–H groups in total. The molecule has 3 aromatic rings. The zero-order valence-corrected chi connectivity index (χ0v) is 20.1. The Hall–Kier alpha value is -3.45. The zero-order chi connectivity index (χ0) is 24.0. The van der Waals surface area contributed by atoms with Crippen LogP contribution in [0.15, 0.2) is 31.0 Å². The topological polar surface area (TPSA) is 110 Å². The molecule has 35 heavy (non-hydrogen) atoms. The summed E-state index contributed by atoms with van der Waals surface area (Å²) >= 11 is 0. The summed E-state index contributed by atoms with van der Waals surface area (Å²) in [5, 5.41) is 15.2. The van der Waals surface area contributed by atoms with Crippen LogP contribution in [0.5, 0.6) is 0 Å². The van der Waals surface area contributed by atoms with Gasteiger partial charge in [-0.05, 0) is 38.7 Å². The number of rotatable bonds is 4. The fourth-order valence-electron chi connectivity index (χ4n) is 6.12. The van der Waals surface area contributed by atoms with Crippen LogP contribution in [0, 0.1) is 11.3 Å². The first-order valence-corrected chi connectivity index (χ1v) is 12.6. The van der Waals surface area contributed by atoms with Crippen molar-refractivity contribution in [1.82, 2.24) is 39.4 Å². The number of hydrogen-bond donors (Lipinski definition) is 1. The monoisotopic (exact) mass is 473 g/mol. The first-order chi connectivity index (χ1) is 17.1. The summed E-state index contributed by atoms with van der Waals surface area (Å²) in [6.45, 7) is 6.36. The molecule has 10 nitrogen and oxygen atoms in total. The molecule has 1 saturated carbocycles. The van der Waals surface area contributed by atoms with Crippen molar-refractivity contribution < 1.29 is 4.79 Å². The number of carbonyl (C=O) groups is 1. The van der Waals surface area contributed by atoms with Gasteiger partial charge in [-0.1, -0.05) is 0 Å². The van der Waals surface area contributed by atoms with Gasteiger partial charge >= 0.3 is 6.03 Å². The number of carbonyl (C=O) groups excluding carboxylic acids is 1. The first kappa shape index (κ1) is 22.0. The Morgan fingerprint density at radius 3 is 2.80 bits per heavy atom. The van der Waals surface area contributed by atoms with Gasteiger partial charge < -0.3 is 14.8 Å². The highest BCUT2D eigenvalue weighted by Gasteiger charge is 2.49. The van der Waals surface area contributed by atoms with Gasteiger partial charge in [-0.15, -0.1) is 0 Å². The highest BCUT2D eigenvalue weighted by molar-refractivity contribution is 5.90. The maximum atomic E-state index is 12.9. The lowest BCUT2D eigenvalue weighted by molar-refractivity contribution is -0.0148. The number of H-pyrrole nitrogens is 1. The minimum Gasteiger partial charge on any atom is -0.346 e. The summed E-state index contributed by atoms with van der Waals surface area (Å²) in [5.74, 6) is 0. The summed E-state index contributed by atoms with van der Waals surface area (Å²) in [5.41, 5.74) is 2.29. The summed E-state index contributed by atoms with van der Waals surface area (Å²) in [6.07, 6.45) is 11.7. The van der Waals surface area contributed by atoms with Crippen LogP contribution in [0.3, 0.4) is 0 Å². The van der Waals surface area contributed by atoms with Gasteiger partial charge in [0, 0.05) is 68.2 Å². The SMILES string of the molecule is C[C@H]1CCCN1C(=O)N1CCN([C@H]2C[C@](CC#N)(n3cc(-c4ncnc5[nH]ccc45)cn3)C2)CC1. The van der Waals surface area contributed by atoms with Gasteiger partial charge in [0.15, 0.2) is 0 Å². The van der Waals surface area contributed by atoms with Crippen molar-refractivity contribution in [3.63, 3.8) is 0 Å². The second-order valence-corrected chi connectivity index (χ2v) is 10.2. The van der Waals surface area contributed by atoms with Crippen LogP contribution in [0.1, 0.15) is 39.0 Å². The molecule has 3 fully saturated rings. The number of likely N-dealkylation sites (tertiary alicyclic amines) is 1. The largest absolute Gasteiger partial charge is 0.346 e. The fourth-order valence-corrected chi connectivity index (χ4v) is 6.12. The van der Waals surface area contributed by atoms with E-state index in [1.54, 1.807) is 6.33 Å². The van der Waals surface area contributed by atoms with Gasteiger partial charge in [0.1, 0.15) is 12.0 Å². The lowest BCUT2D eigenvalue weighted by Gasteiger charge is -2.52. The van der Waals surface area contributed by atoms with Crippen LogP contribution < -0.4 is 0 Å². The van der Waals surface area contributed by atoms with Gasteiger partial charge in [-0.25, -0.2) is 14.8 Å². The third-order valence-electron chi connectivity index (χ3n) is 8.24. The molecule has 0 unspecified atom stereocenters. The van der Waals surface area contributed by atoms with Crippen molar-refractivity contribution in [3.8, 4) is 17.3 Å². The van der Waals surface area contributed by atoms with E-state index in [-0.39, 0.29) is 11.6 Å². The Labute approximate surface area is 204 Å². The summed E-state index contributed by atoms with van der Waals surface area (Å²) in [7, 11) is 0. The van der Waals surface area contributed by atoms with E-state index in [1.807, 2.05) is 39.1 Å². The summed E-state index contributed by atoms with van der Waals surface area (Å²) in [6, 6.07) is 5.34. The molecule has 6 rings (SSSR count). The fraction of sp³-hybridized carbons (Fsp3) is 0.560. The number of piperazine rings is 1. The van der Waals surface area contributed by atoms with Crippen LogP contribution in [0.25, 0.3) is 22.3 Å². The minimum absolute atomic E-state index is 0.201. The number of nitrogens with zero attached hydrogens (tertiary/aromatic N) is 8. The van der Waals surface area contributed by atoms with E-state index in [2.05, 4.69) is 37.9 Å². The Morgan fingerprint density at radius 2 is 2.06 bits per heavy atom. The predicted octanol–water partition coefficient (Wildman–Crippen LogP) is 2.81. The Kier molecular flexibility index (Phi) is 5.44. The molecule has 3 aliphatic rings. The van der Waals surface area contributed by atoms with Crippen LogP contribution in [-0.2, 0) is 5.54 Å². The van der Waals surface area contributed by atoms with Gasteiger partial charge in [0.25, 0.3) is 0 Å². The molecule has 2 saturated heterocycles. The van der Waals surface area contributed by atoms with E-state index in [1.165, 1.54) is 0 Å². The van der Waals surface area contributed by atoms with Crippen molar-refractivity contribution in [2.24, 2.45) is 0 Å². The molecular formula is C25H31N9O. The standard InChI is InChI=1S/C25H31N9O/c1-18-3-2-8-33(18)24(35)32-11-9-31(10-12-32)20-13-25(14-20,5-6-26)34-16-19(15-30-34)22-21-4-7-27-23(21)29-17-28-22/h4,7,15-18,20H,2-3,5,8-14H2,1H3,(H,27,28,29)/t18-,20-,25-/m0/s1. The number of fused-ring (bicyclic) bond motifs is 1. The molecule has 1 aliphatic carbocycles. The second kappa shape index (κ2) is 8.64. The van der Waals surface area contributed by atoms with Crippen LogP contribution in [0.2, 0.25) is 0 Å². The molecule has 0 spiro atoms. The van der Waals surface area contributed by atoms with Crippen LogP contribution in [-0.4, -0.2) is 90.3 Å². The van der Waals surface area contributed by atoms with Gasteiger partial charge in [-0.3, -0.25) is 9.58 Å². The Bertz CT molecular complexity index is 1260. The summed E-state index contributed by atoms with van der Waals surface area (Å²) < 4.78 is 1.98. The number of urea groups is 1. The molecule has 10 heteroatoms. The first-order valence-electron chi connectivity index (χ1n) is 12.6. The normalized spacial score (nSPS) is 27.2. The van der Waals surface area contributed by atoms with Gasteiger partial charge in [0.2, 0.25) is 0 Å². The number of aromatic amines is 1. The van der Waals surface area contributed by atoms with E-state index in [0.29, 0.717) is 18.5 Å². The highest BCUT2D eigenvalue weighted by atomic mass is 16.2. The summed E-state index contributed by atoms with van der Waals surface area (Å²) in [4.78, 5) is 31.3. The van der Waals surface area contributed by atoms with Crippen LogP contribution in [0.4, 0.5) is 4.79 Å². The lowest BCUT2D eigenvalue weighted by atomic mass is 9.70. The molecule has 3 aromatic heterocycles. The Balaban J connectivity index is 1.12. The van der Waals surface area contributed by atoms with Crippen molar-refractivity contribution in [2.45, 2.75) is 56.7 Å². The smallest absolute Gasteiger partial charge is 0.320 e. The van der Waals surface area contributed by atoms with Crippen molar-refractivity contribution in [1.29, 1.82) is 5.26 Å². The molecule has 1 atom stereocenters. The second-order valence-electron chi connectivity index (χ2n) is 10.2. The number of amides is 2. The number of nitriles is 1. The third-order valence-corrected chi connectivity index (χ3v) is 8.24. The molecular weight excluding hydrogens is 442 g/mol. The average molecular weight is 474 g/mol. The van der Waals surface area contributed by atoms with Crippen LogP contribution >= 0.6 is 0 Å².